The van der Waals surface area contributed by atoms with Gasteiger partial charge in [0.1, 0.15) is 17.5 Å². The highest BCUT2D eigenvalue weighted by Crippen LogP contribution is 2.30. The normalized spacial score (nSPS) is 17.0. The summed E-state index contributed by atoms with van der Waals surface area (Å²) >= 11 is 0.980. The predicted molar refractivity (Wildman–Crippen MR) is 110 cm³/mol. The molecule has 9 heteroatoms. The number of nitrogens with two attached hydrogens (primary N) is 2. The molecule has 1 aliphatic heterocycles. The molecule has 2 amide bonds. The lowest BCUT2D eigenvalue weighted by atomic mass is 10.1. The highest BCUT2D eigenvalue weighted by atomic mass is 32.2. The average molecular weight is 415 g/mol. The van der Waals surface area contributed by atoms with Gasteiger partial charge in [0.05, 0.1) is 18.0 Å². The van der Waals surface area contributed by atoms with Crippen LogP contribution in [-0.4, -0.2) is 35.5 Å². The molecule has 29 heavy (non-hydrogen) atoms. The van der Waals surface area contributed by atoms with E-state index in [2.05, 4.69) is 10.1 Å². The Morgan fingerprint density at radius 1 is 1.17 bits per heavy atom. The van der Waals surface area contributed by atoms with Gasteiger partial charge in [-0.1, -0.05) is 30.0 Å². The number of nitrogen functional groups attached to an aromatic ring is 1. The molecule has 0 aromatic heterocycles. The van der Waals surface area contributed by atoms with Crippen molar-refractivity contribution in [1.82, 2.24) is 5.32 Å². The van der Waals surface area contributed by atoms with Crippen LogP contribution in [0.15, 0.2) is 42.5 Å². The van der Waals surface area contributed by atoms with Crippen molar-refractivity contribution in [2.75, 3.05) is 12.8 Å². The van der Waals surface area contributed by atoms with Crippen molar-refractivity contribution in [3.63, 3.8) is 0 Å². The van der Waals surface area contributed by atoms with Gasteiger partial charge in [-0.3, -0.25) is 19.7 Å². The summed E-state index contributed by atoms with van der Waals surface area (Å²) in [6.45, 7) is 0. The van der Waals surface area contributed by atoms with Crippen molar-refractivity contribution in [3.8, 4) is 11.5 Å². The van der Waals surface area contributed by atoms with Crippen LogP contribution >= 0.6 is 11.8 Å². The molecule has 0 saturated carbocycles. The fraction of sp³-hybridized carbons (Fsp3) is 0.250. The third-order valence-electron chi connectivity index (χ3n) is 4.37. The van der Waals surface area contributed by atoms with Crippen LogP contribution in [0.1, 0.15) is 11.1 Å². The summed E-state index contributed by atoms with van der Waals surface area (Å²) in [4.78, 5) is 34.4. The first-order valence-corrected chi connectivity index (χ1v) is 9.73. The number of imide groups is 1. The van der Waals surface area contributed by atoms with E-state index in [0.29, 0.717) is 30.0 Å². The van der Waals surface area contributed by atoms with Crippen molar-refractivity contribution in [3.05, 3.63) is 53.6 Å². The van der Waals surface area contributed by atoms with E-state index < -0.39 is 17.3 Å². The molecule has 5 N–H and O–H groups in total. The van der Waals surface area contributed by atoms with Crippen molar-refractivity contribution in [2.24, 2.45) is 5.73 Å². The number of anilines is 1. The van der Waals surface area contributed by atoms with E-state index in [9.17, 15) is 14.4 Å². The van der Waals surface area contributed by atoms with E-state index in [1.807, 2.05) is 18.2 Å². The van der Waals surface area contributed by atoms with Crippen molar-refractivity contribution >= 4 is 34.6 Å². The fourth-order valence-electron chi connectivity index (χ4n) is 2.87. The number of ether oxygens (including phenoxy) is 2. The van der Waals surface area contributed by atoms with Gasteiger partial charge < -0.3 is 20.9 Å². The topological polar surface area (TPSA) is 134 Å². The Bertz CT molecular complexity index is 932. The number of hydrogen-bond donors (Lipinski definition) is 3. The van der Waals surface area contributed by atoms with E-state index in [4.69, 9.17) is 16.2 Å². The lowest BCUT2D eigenvalue weighted by molar-refractivity contribution is -0.142. The molecule has 2 atom stereocenters. The number of carbonyl (C=O) groups excluding carboxylic acids is 3. The van der Waals surface area contributed by atoms with Crippen LogP contribution in [0.5, 0.6) is 11.5 Å². The molecule has 0 radical (unpaired) electrons. The zero-order valence-corrected chi connectivity index (χ0v) is 16.5. The maximum atomic E-state index is 11.7. The van der Waals surface area contributed by atoms with E-state index in [-0.39, 0.29) is 11.1 Å². The van der Waals surface area contributed by atoms with Crippen LogP contribution in [0.2, 0.25) is 0 Å². The summed E-state index contributed by atoms with van der Waals surface area (Å²) in [5.74, 6) is 0.311. The number of nitrogens with one attached hydrogen (secondary N) is 1. The van der Waals surface area contributed by atoms with Crippen LogP contribution in [0.4, 0.5) is 10.5 Å². The second-order valence-corrected chi connectivity index (χ2v) is 7.71. The Morgan fingerprint density at radius 2 is 1.86 bits per heavy atom. The highest BCUT2D eigenvalue weighted by Gasteiger charge is 2.31. The molecular formula is C20H21N3O5S. The van der Waals surface area contributed by atoms with Crippen molar-refractivity contribution in [2.45, 2.75) is 24.1 Å². The number of carbonyl (C=O) groups is 3. The third-order valence-corrected chi connectivity index (χ3v) is 5.35. The molecule has 0 aliphatic carbocycles. The van der Waals surface area contributed by atoms with Gasteiger partial charge in [-0.15, -0.1) is 0 Å². The second kappa shape index (κ2) is 8.97. The van der Waals surface area contributed by atoms with E-state index in [0.717, 1.165) is 22.9 Å². The Labute approximate surface area is 171 Å². The molecule has 2 aromatic carbocycles. The predicted octanol–water partition coefficient (Wildman–Crippen LogP) is 2.00. The van der Waals surface area contributed by atoms with E-state index >= 15 is 0 Å². The number of hydrogen-bond acceptors (Lipinski definition) is 8. The molecule has 1 saturated heterocycles. The molecule has 0 bridgehead atoms. The second-order valence-electron chi connectivity index (χ2n) is 6.54. The first-order chi connectivity index (χ1) is 13.9. The quantitative estimate of drug-likeness (QED) is 0.462. The van der Waals surface area contributed by atoms with Gasteiger partial charge in [-0.25, -0.2) is 0 Å². The maximum Gasteiger partial charge on any atom is 0.322 e. The number of esters is 1. The summed E-state index contributed by atoms with van der Waals surface area (Å²) in [6.07, 6.45) is 0.765. The van der Waals surface area contributed by atoms with Gasteiger partial charge in [0.25, 0.3) is 5.24 Å². The van der Waals surface area contributed by atoms with Gasteiger partial charge in [0, 0.05) is 0 Å². The zero-order chi connectivity index (χ0) is 21.0. The maximum absolute atomic E-state index is 11.7. The first kappa shape index (κ1) is 20.7. The molecule has 0 spiro atoms. The monoisotopic (exact) mass is 415 g/mol. The van der Waals surface area contributed by atoms with Crippen LogP contribution in [0.25, 0.3) is 0 Å². The minimum absolute atomic E-state index is 0.286. The lowest BCUT2D eigenvalue weighted by Crippen LogP contribution is -2.33. The number of methoxy groups -OCH3 is 1. The molecule has 1 fully saturated rings. The number of thioether (sulfide) groups is 1. The largest absolute Gasteiger partial charge is 0.468 e. The van der Waals surface area contributed by atoms with Gasteiger partial charge >= 0.3 is 5.97 Å². The van der Waals surface area contributed by atoms with Crippen LogP contribution in [-0.2, 0) is 27.2 Å². The minimum atomic E-state index is -0.717. The minimum Gasteiger partial charge on any atom is -0.468 e. The fourth-order valence-corrected chi connectivity index (χ4v) is 3.73. The SMILES string of the molecule is COC(=O)C(N)Cc1ccc(Oc2ccc(CC3SC(=O)NC3=O)cc2N)cc1. The van der Waals surface area contributed by atoms with Gasteiger partial charge in [0.2, 0.25) is 5.91 Å². The van der Waals surface area contributed by atoms with Gasteiger partial charge in [0.15, 0.2) is 0 Å². The Morgan fingerprint density at radius 3 is 2.45 bits per heavy atom. The molecule has 1 aliphatic rings. The average Bonchev–Trinajstić information content (AvgIpc) is 3.01. The van der Waals surface area contributed by atoms with Crippen molar-refractivity contribution in [1.29, 1.82) is 0 Å². The van der Waals surface area contributed by atoms with Crippen molar-refractivity contribution < 1.29 is 23.9 Å². The zero-order valence-electron chi connectivity index (χ0n) is 15.7. The molecule has 1 heterocycles. The Kier molecular flexibility index (Phi) is 6.40. The van der Waals surface area contributed by atoms with Gasteiger partial charge in [-0.05, 0) is 48.2 Å². The Balaban J connectivity index is 1.62. The standard InChI is InChI=1S/C20H21N3O5S/c1-27-19(25)15(22)8-11-2-5-13(6-3-11)28-16-7-4-12(9-14(16)21)10-17-18(24)23-20(26)29-17/h2-7,9,15,17H,8,10,21-22H2,1H3,(H,23,24,26). The summed E-state index contributed by atoms with van der Waals surface area (Å²) in [6, 6.07) is 11.7. The molecule has 8 nitrogen and oxygen atoms in total. The summed E-state index contributed by atoms with van der Waals surface area (Å²) in [5, 5.41) is 1.49. The smallest absolute Gasteiger partial charge is 0.322 e. The summed E-state index contributed by atoms with van der Waals surface area (Å²) in [5.41, 5.74) is 14.0. The van der Waals surface area contributed by atoms with Crippen LogP contribution < -0.4 is 21.5 Å². The number of amides is 2. The lowest BCUT2D eigenvalue weighted by Gasteiger charge is -2.12. The molecule has 152 valence electrons. The Hall–Kier alpha value is -3.04. The van der Waals surface area contributed by atoms with Crippen LogP contribution in [0, 0.1) is 0 Å². The van der Waals surface area contributed by atoms with Gasteiger partial charge in [-0.2, -0.15) is 0 Å². The highest BCUT2D eigenvalue weighted by molar-refractivity contribution is 8.15. The van der Waals surface area contributed by atoms with Crippen LogP contribution in [0.3, 0.4) is 0 Å². The summed E-state index contributed by atoms with van der Waals surface area (Å²) in [7, 11) is 1.30. The molecular weight excluding hydrogens is 394 g/mol. The van der Waals surface area contributed by atoms with E-state index in [1.165, 1.54) is 7.11 Å². The summed E-state index contributed by atoms with van der Waals surface area (Å²) < 4.78 is 10.4. The molecule has 3 rings (SSSR count). The number of rotatable bonds is 7. The first-order valence-electron chi connectivity index (χ1n) is 8.86. The third kappa shape index (κ3) is 5.27. The molecule has 2 unspecified atom stereocenters. The number of benzene rings is 2. The van der Waals surface area contributed by atoms with E-state index in [1.54, 1.807) is 24.3 Å². The molecule has 2 aromatic rings.